The van der Waals surface area contributed by atoms with Crippen molar-refractivity contribution < 1.29 is 26.4 Å². The fraction of sp³-hybridized carbons (Fsp3) is 0.0714. The highest BCUT2D eigenvalue weighted by atomic mass is 32.2. The third kappa shape index (κ3) is 3.28. The number of anilines is 1. The van der Waals surface area contributed by atoms with E-state index in [9.17, 15) is 26.4 Å². The molecule has 0 aliphatic rings. The van der Waals surface area contributed by atoms with Crippen LogP contribution in [0.25, 0.3) is 0 Å². The van der Waals surface area contributed by atoms with Crippen molar-refractivity contribution in [3.05, 3.63) is 59.4 Å². The molecular weight excluding hydrogens is 319 g/mol. The van der Waals surface area contributed by atoms with Crippen molar-refractivity contribution in [2.75, 3.05) is 11.6 Å². The maximum Gasteiger partial charge on any atom is 0.258 e. The van der Waals surface area contributed by atoms with E-state index in [2.05, 4.69) is 5.32 Å². The van der Waals surface area contributed by atoms with Gasteiger partial charge in [0.1, 0.15) is 0 Å². The van der Waals surface area contributed by atoms with E-state index < -0.39 is 38.8 Å². The molecule has 1 N–H and O–H groups in total. The van der Waals surface area contributed by atoms with Gasteiger partial charge in [0.25, 0.3) is 5.91 Å². The summed E-state index contributed by atoms with van der Waals surface area (Å²) in [5, 5.41) is 2.23. The van der Waals surface area contributed by atoms with Gasteiger partial charge in [-0.25, -0.2) is 21.6 Å². The number of benzene rings is 2. The van der Waals surface area contributed by atoms with Crippen molar-refractivity contribution in [3.63, 3.8) is 0 Å². The quantitative estimate of drug-likeness (QED) is 0.881. The summed E-state index contributed by atoms with van der Waals surface area (Å²) < 4.78 is 62.3. The van der Waals surface area contributed by atoms with Gasteiger partial charge in [0.15, 0.2) is 27.3 Å². The molecule has 2 aromatic carbocycles. The zero-order chi connectivity index (χ0) is 16.5. The second kappa shape index (κ2) is 5.80. The van der Waals surface area contributed by atoms with Crippen LogP contribution in [0.15, 0.2) is 41.3 Å². The first kappa shape index (κ1) is 16.0. The van der Waals surface area contributed by atoms with Gasteiger partial charge in [-0.05, 0) is 30.3 Å². The van der Waals surface area contributed by atoms with Crippen LogP contribution in [0.2, 0.25) is 0 Å². The van der Waals surface area contributed by atoms with E-state index in [-0.39, 0.29) is 10.6 Å². The molecule has 0 heterocycles. The number of nitrogens with one attached hydrogen (secondary N) is 1. The summed E-state index contributed by atoms with van der Waals surface area (Å²) >= 11 is 0. The third-order valence-corrected chi connectivity index (χ3v) is 3.91. The van der Waals surface area contributed by atoms with Crippen LogP contribution in [0.3, 0.4) is 0 Å². The lowest BCUT2D eigenvalue weighted by Crippen LogP contribution is -2.15. The molecule has 2 rings (SSSR count). The number of carbonyl (C=O) groups is 1. The van der Waals surface area contributed by atoms with Gasteiger partial charge in [-0.15, -0.1) is 0 Å². The Morgan fingerprint density at radius 3 is 2.36 bits per heavy atom. The fourth-order valence-corrected chi connectivity index (χ4v) is 2.37. The van der Waals surface area contributed by atoms with Crippen molar-refractivity contribution in [1.82, 2.24) is 0 Å². The fourth-order valence-electron chi connectivity index (χ4n) is 1.70. The molecule has 0 bridgehead atoms. The molecule has 0 saturated heterocycles. The standard InChI is InChI=1S/C14H10F3NO3S/c1-22(20,21)9-4-2-3-8(7-9)18-14(19)10-5-6-11(15)13(17)12(10)16/h2-7H,1H3,(H,18,19). The van der Waals surface area contributed by atoms with Crippen LogP contribution in [-0.2, 0) is 9.84 Å². The number of halogens is 3. The number of carbonyl (C=O) groups excluding carboxylic acids is 1. The Labute approximate surface area is 124 Å². The monoisotopic (exact) mass is 329 g/mol. The predicted octanol–water partition coefficient (Wildman–Crippen LogP) is 2.76. The maximum absolute atomic E-state index is 13.5. The maximum atomic E-state index is 13.5. The van der Waals surface area contributed by atoms with Crippen LogP contribution in [0, 0.1) is 17.5 Å². The van der Waals surface area contributed by atoms with Gasteiger partial charge in [0, 0.05) is 11.9 Å². The number of hydrogen-bond donors (Lipinski definition) is 1. The van der Waals surface area contributed by atoms with Crippen molar-refractivity contribution in [2.24, 2.45) is 0 Å². The largest absolute Gasteiger partial charge is 0.322 e. The molecule has 0 aliphatic heterocycles. The minimum Gasteiger partial charge on any atom is -0.322 e. The van der Waals surface area contributed by atoms with Crippen LogP contribution in [0.5, 0.6) is 0 Å². The van der Waals surface area contributed by atoms with Crippen LogP contribution < -0.4 is 5.32 Å². The number of hydrogen-bond acceptors (Lipinski definition) is 3. The summed E-state index contributed by atoms with van der Waals surface area (Å²) in [5.41, 5.74) is -0.610. The molecule has 0 saturated carbocycles. The minimum absolute atomic E-state index is 0.0453. The molecular formula is C14H10F3NO3S. The third-order valence-electron chi connectivity index (χ3n) is 2.80. The number of amides is 1. The van der Waals surface area contributed by atoms with Gasteiger partial charge in [-0.3, -0.25) is 4.79 Å². The van der Waals surface area contributed by atoms with Crippen molar-refractivity contribution in [3.8, 4) is 0 Å². The Morgan fingerprint density at radius 2 is 1.73 bits per heavy atom. The van der Waals surface area contributed by atoms with E-state index in [1.54, 1.807) is 0 Å². The zero-order valence-corrected chi connectivity index (χ0v) is 12.0. The highest BCUT2D eigenvalue weighted by molar-refractivity contribution is 7.90. The summed E-state index contributed by atoms with van der Waals surface area (Å²) in [6.45, 7) is 0. The van der Waals surface area contributed by atoms with Crippen LogP contribution in [0.1, 0.15) is 10.4 Å². The Morgan fingerprint density at radius 1 is 1.05 bits per heavy atom. The summed E-state index contributed by atoms with van der Waals surface area (Å²) in [6, 6.07) is 6.68. The zero-order valence-electron chi connectivity index (χ0n) is 11.2. The van der Waals surface area contributed by atoms with Crippen molar-refractivity contribution in [2.45, 2.75) is 4.90 Å². The summed E-state index contributed by atoms with van der Waals surface area (Å²) in [7, 11) is -3.48. The van der Waals surface area contributed by atoms with Crippen molar-refractivity contribution in [1.29, 1.82) is 0 Å². The summed E-state index contributed by atoms with van der Waals surface area (Å²) in [4.78, 5) is 11.8. The number of sulfone groups is 1. The van der Waals surface area contributed by atoms with E-state index in [4.69, 9.17) is 0 Å². The molecule has 2 aromatic rings. The molecule has 0 aromatic heterocycles. The first-order chi connectivity index (χ1) is 10.2. The SMILES string of the molecule is CS(=O)(=O)c1cccc(NC(=O)c2ccc(F)c(F)c2F)c1. The van der Waals surface area contributed by atoms with E-state index in [1.807, 2.05) is 0 Å². The van der Waals surface area contributed by atoms with Gasteiger partial charge in [0.05, 0.1) is 10.5 Å². The Hall–Kier alpha value is -2.35. The molecule has 0 unspecified atom stereocenters. The Balaban J connectivity index is 2.32. The average Bonchev–Trinajstić information content (AvgIpc) is 2.44. The second-order valence-electron chi connectivity index (χ2n) is 4.48. The Bertz CT molecular complexity index is 850. The normalized spacial score (nSPS) is 11.3. The molecule has 0 atom stereocenters. The van der Waals surface area contributed by atoms with Crippen LogP contribution in [-0.4, -0.2) is 20.6 Å². The first-order valence-electron chi connectivity index (χ1n) is 5.95. The van der Waals surface area contributed by atoms with Crippen LogP contribution >= 0.6 is 0 Å². The second-order valence-corrected chi connectivity index (χ2v) is 6.49. The molecule has 1 amide bonds. The number of rotatable bonds is 3. The van der Waals surface area contributed by atoms with E-state index in [0.717, 1.165) is 12.3 Å². The lowest BCUT2D eigenvalue weighted by atomic mass is 10.1. The molecule has 4 nitrogen and oxygen atoms in total. The van der Waals surface area contributed by atoms with Gasteiger partial charge in [-0.2, -0.15) is 0 Å². The molecule has 0 fully saturated rings. The van der Waals surface area contributed by atoms with Crippen LogP contribution in [0.4, 0.5) is 18.9 Å². The topological polar surface area (TPSA) is 63.2 Å². The van der Waals surface area contributed by atoms with Crippen molar-refractivity contribution >= 4 is 21.4 Å². The molecule has 0 aliphatic carbocycles. The van der Waals surface area contributed by atoms with E-state index in [1.165, 1.54) is 24.3 Å². The minimum atomic E-state index is -3.48. The van der Waals surface area contributed by atoms with Gasteiger partial charge in [-0.1, -0.05) is 6.07 Å². The molecule has 8 heteroatoms. The molecule has 22 heavy (non-hydrogen) atoms. The lowest BCUT2D eigenvalue weighted by Gasteiger charge is -2.08. The predicted molar refractivity (Wildman–Crippen MR) is 73.8 cm³/mol. The highest BCUT2D eigenvalue weighted by Crippen LogP contribution is 2.19. The summed E-state index contributed by atoms with van der Waals surface area (Å²) in [5.74, 6) is -5.80. The first-order valence-corrected chi connectivity index (χ1v) is 7.84. The van der Waals surface area contributed by atoms with Gasteiger partial charge < -0.3 is 5.32 Å². The van der Waals surface area contributed by atoms with E-state index >= 15 is 0 Å². The molecule has 0 radical (unpaired) electrons. The molecule has 116 valence electrons. The van der Waals surface area contributed by atoms with E-state index in [0.29, 0.717) is 6.07 Å². The smallest absolute Gasteiger partial charge is 0.258 e. The van der Waals surface area contributed by atoms with Gasteiger partial charge >= 0.3 is 0 Å². The Kier molecular flexibility index (Phi) is 4.23. The molecule has 0 spiro atoms. The highest BCUT2D eigenvalue weighted by Gasteiger charge is 2.19. The van der Waals surface area contributed by atoms with Gasteiger partial charge in [0.2, 0.25) is 0 Å². The lowest BCUT2D eigenvalue weighted by molar-refractivity contribution is 0.102. The average molecular weight is 329 g/mol. The summed E-state index contributed by atoms with van der Waals surface area (Å²) in [6.07, 6.45) is 0.989.